The molecule has 21 nitrogen and oxygen atoms in total. The number of carboxylic acids is 3. The highest BCUT2D eigenvalue weighted by Gasteiger charge is 2.30. The largest absolute Gasteiger partial charge is 0.480 e. The Morgan fingerprint density at radius 2 is 1.24 bits per heavy atom. The summed E-state index contributed by atoms with van der Waals surface area (Å²) in [4.78, 5) is 83.6. The van der Waals surface area contributed by atoms with E-state index in [1.807, 2.05) is 23.1 Å². The molecule has 2 aromatic carbocycles. The van der Waals surface area contributed by atoms with Crippen molar-refractivity contribution in [3.63, 3.8) is 0 Å². The van der Waals surface area contributed by atoms with Crippen LogP contribution in [0.25, 0.3) is 10.8 Å². The van der Waals surface area contributed by atoms with Gasteiger partial charge in [-0.2, -0.15) is 15.2 Å². The van der Waals surface area contributed by atoms with Gasteiger partial charge in [-0.1, -0.05) is 55.3 Å². The van der Waals surface area contributed by atoms with Gasteiger partial charge in [-0.05, 0) is 69.3 Å². The average Bonchev–Trinajstić information content (AvgIpc) is 3.92. The zero-order valence-corrected chi connectivity index (χ0v) is 44.9. The Labute approximate surface area is 450 Å². The Bertz CT molecular complexity index is 2420. The van der Waals surface area contributed by atoms with Gasteiger partial charge < -0.3 is 45.0 Å². The molecule has 416 valence electrons. The Morgan fingerprint density at radius 1 is 0.711 bits per heavy atom. The summed E-state index contributed by atoms with van der Waals surface area (Å²) in [5.41, 5.74) is 3.07. The second-order valence-corrected chi connectivity index (χ2v) is 19.7. The topological polar surface area (TPSA) is 243 Å². The molecule has 0 spiro atoms. The second kappa shape index (κ2) is 31.7. The number of nitriles is 1. The molecule has 76 heavy (non-hydrogen) atoms. The van der Waals surface area contributed by atoms with E-state index in [1.54, 1.807) is 27.9 Å². The number of likely N-dealkylation sites (tertiary alicyclic amines) is 1. The van der Waals surface area contributed by atoms with Gasteiger partial charge in [0.15, 0.2) is 5.83 Å². The molecule has 7 rings (SSSR count). The van der Waals surface area contributed by atoms with Crippen LogP contribution in [0, 0.1) is 11.3 Å². The number of hydrogen-bond acceptors (Lipinski definition) is 16. The molecule has 1 aromatic heterocycles. The summed E-state index contributed by atoms with van der Waals surface area (Å²) in [6.07, 6.45) is 7.72. The van der Waals surface area contributed by atoms with E-state index in [9.17, 15) is 43.7 Å². The molecule has 2 amide bonds. The molecule has 0 unspecified atom stereocenters. The number of piperazine rings is 1. The van der Waals surface area contributed by atoms with Gasteiger partial charge in [0.2, 0.25) is 5.91 Å². The standard InChI is InChI=1S/C26H48N6O7.C25H25ClFN5O2.C2H3N/c33-23(27-7-3-1-2-4-8-28-9-5-6-10-28)19-29-11-13-30(20-24(34)35)15-17-32(22-26(38)39)18-16-31(14-12-29)21-25(36)37;1-16(27)24(33)31-13-11-30(12-14-31)23-18-9-10-32(15-20(18)28-25(29-23)34-2)21-8-4-6-17-5-3-7-19(26)22(17)21;1-2-3/h1-22H2,(H,27,33)(H,34,35)(H,36,37)(H,38,39);3-8H,1,9-15H2,2H3;1H3. The Hall–Kier alpha value is -6.22. The third-order valence-corrected chi connectivity index (χ3v) is 14.1. The predicted octanol–water partition coefficient (Wildman–Crippen LogP) is 3.75. The lowest BCUT2D eigenvalue weighted by atomic mass is 10.0. The number of fused-ring (bicyclic) bond motifs is 2. The van der Waals surface area contributed by atoms with Crippen LogP contribution in [0.15, 0.2) is 48.8 Å². The summed E-state index contributed by atoms with van der Waals surface area (Å²) in [7, 11) is 1.56. The van der Waals surface area contributed by atoms with Crippen LogP contribution >= 0.6 is 11.6 Å². The molecule has 0 bridgehead atoms. The van der Waals surface area contributed by atoms with Crippen LogP contribution in [0.3, 0.4) is 0 Å². The van der Waals surface area contributed by atoms with E-state index in [-0.39, 0.29) is 32.1 Å². The van der Waals surface area contributed by atoms with Crippen molar-refractivity contribution in [2.24, 2.45) is 0 Å². The fraction of sp³-hybridized carbons (Fsp3) is 0.585. The Balaban J connectivity index is 0.000000268. The highest BCUT2D eigenvalue weighted by molar-refractivity contribution is 6.36. The lowest BCUT2D eigenvalue weighted by molar-refractivity contribution is -0.140. The first-order valence-electron chi connectivity index (χ1n) is 26.2. The first-order chi connectivity index (χ1) is 36.6. The minimum Gasteiger partial charge on any atom is -0.480 e. The van der Waals surface area contributed by atoms with Gasteiger partial charge in [0.05, 0.1) is 56.6 Å². The number of benzene rings is 2. The van der Waals surface area contributed by atoms with Crippen LogP contribution in [0.2, 0.25) is 5.02 Å². The van der Waals surface area contributed by atoms with Crippen LogP contribution in [-0.2, 0) is 36.9 Å². The maximum Gasteiger partial charge on any atom is 0.318 e. The minimum absolute atomic E-state index is 0.0960. The SMILES string of the molecule is C=C(F)C(=O)N1CCN(c2nc(OC)nc3c2CCN(c2cccc4cccc(Cl)c24)C3)CC1.CC#N.O=C(O)CN1CCN(CC(=O)O)CCN(CC(=O)NCCCCCCN2CCCC2)CCN(CC(=O)O)CC1. The lowest BCUT2D eigenvalue weighted by Crippen LogP contribution is -2.49. The molecular weight excluding hydrogens is 1000 g/mol. The molecule has 3 saturated heterocycles. The number of hydrogen-bond donors (Lipinski definition) is 4. The Kier molecular flexibility index (Phi) is 25.3. The predicted molar refractivity (Wildman–Crippen MR) is 288 cm³/mol. The van der Waals surface area contributed by atoms with E-state index >= 15 is 0 Å². The molecule has 4 aliphatic heterocycles. The summed E-state index contributed by atoms with van der Waals surface area (Å²) in [6, 6.07) is 14.2. The van der Waals surface area contributed by atoms with Gasteiger partial charge in [-0.15, -0.1) is 0 Å². The molecule has 0 aliphatic carbocycles. The van der Waals surface area contributed by atoms with Crippen molar-refractivity contribution in [3.05, 3.63) is 65.1 Å². The van der Waals surface area contributed by atoms with E-state index in [2.05, 4.69) is 54.8 Å². The molecule has 4 N–H and O–H groups in total. The van der Waals surface area contributed by atoms with Gasteiger partial charge in [0.25, 0.3) is 5.91 Å². The van der Waals surface area contributed by atoms with E-state index in [1.165, 1.54) is 44.2 Å². The third-order valence-electron chi connectivity index (χ3n) is 13.8. The maximum atomic E-state index is 13.3. The van der Waals surface area contributed by atoms with Crippen molar-refractivity contribution in [3.8, 4) is 12.1 Å². The number of nitrogens with one attached hydrogen (secondary N) is 1. The molecule has 3 fully saturated rings. The number of aliphatic carboxylic acids is 3. The van der Waals surface area contributed by atoms with Crippen molar-refractivity contribution < 1.29 is 48.4 Å². The third kappa shape index (κ3) is 19.7. The van der Waals surface area contributed by atoms with E-state index < -0.39 is 29.6 Å². The fourth-order valence-electron chi connectivity index (χ4n) is 9.87. The van der Waals surface area contributed by atoms with E-state index in [0.29, 0.717) is 97.6 Å². The van der Waals surface area contributed by atoms with Crippen molar-refractivity contribution in [2.45, 2.75) is 58.4 Å². The van der Waals surface area contributed by atoms with Crippen molar-refractivity contribution in [1.29, 1.82) is 5.26 Å². The van der Waals surface area contributed by atoms with E-state index in [0.717, 1.165) is 77.3 Å². The highest BCUT2D eigenvalue weighted by Crippen LogP contribution is 2.37. The number of carboxylic acid groups (broad SMARTS) is 3. The molecule has 3 aromatic rings. The average molecular weight is 1080 g/mol. The summed E-state index contributed by atoms with van der Waals surface area (Å²) in [5.74, 6) is -3.77. The number of ether oxygens (including phenoxy) is 1. The highest BCUT2D eigenvalue weighted by atomic mass is 35.5. The smallest absolute Gasteiger partial charge is 0.318 e. The fourth-order valence-corrected chi connectivity index (χ4v) is 10.2. The maximum absolute atomic E-state index is 13.3. The van der Waals surface area contributed by atoms with Crippen LogP contribution < -0.4 is 19.9 Å². The molecule has 4 aliphatic rings. The molecular formula is C53H76ClFN12O9. The van der Waals surface area contributed by atoms with Gasteiger partial charge in [-0.25, -0.2) is 4.39 Å². The molecule has 0 radical (unpaired) electrons. The van der Waals surface area contributed by atoms with Crippen molar-refractivity contribution in [1.82, 2.24) is 44.7 Å². The van der Waals surface area contributed by atoms with E-state index in [4.69, 9.17) is 21.6 Å². The lowest BCUT2D eigenvalue weighted by Gasteiger charge is -2.38. The van der Waals surface area contributed by atoms with Gasteiger partial charge in [0, 0.05) is 115 Å². The van der Waals surface area contributed by atoms with Crippen LogP contribution in [-0.4, -0.2) is 229 Å². The summed E-state index contributed by atoms with van der Waals surface area (Å²) in [5, 5.41) is 41.1. The van der Waals surface area contributed by atoms with Gasteiger partial charge in [-0.3, -0.25) is 43.6 Å². The van der Waals surface area contributed by atoms with Crippen molar-refractivity contribution in [2.75, 3.05) is 154 Å². The molecule has 0 atom stereocenters. The van der Waals surface area contributed by atoms with Gasteiger partial charge in [0.1, 0.15) is 5.82 Å². The van der Waals surface area contributed by atoms with Crippen LogP contribution in [0.5, 0.6) is 6.01 Å². The number of carbonyl (C=O) groups is 5. The zero-order chi connectivity index (χ0) is 55.0. The molecule has 23 heteroatoms. The quantitative estimate of drug-likeness (QED) is 0.0987. The number of halogens is 2. The van der Waals surface area contributed by atoms with Crippen molar-refractivity contribution >= 4 is 63.6 Å². The van der Waals surface area contributed by atoms with Crippen LogP contribution in [0.1, 0.15) is 56.7 Å². The van der Waals surface area contributed by atoms with Crippen LogP contribution in [0.4, 0.5) is 15.9 Å². The monoisotopic (exact) mass is 1080 g/mol. The first kappa shape index (κ1) is 60.6. The number of methoxy groups -OCH3 is 1. The molecule has 5 heterocycles. The number of carbonyl (C=O) groups excluding carboxylic acids is 2. The number of aromatic nitrogens is 2. The molecule has 0 saturated carbocycles. The summed E-state index contributed by atoms with van der Waals surface area (Å²) >= 11 is 6.57. The van der Waals surface area contributed by atoms with Gasteiger partial charge >= 0.3 is 23.9 Å². The first-order valence-corrected chi connectivity index (χ1v) is 26.6. The number of unbranched alkanes of at least 4 members (excludes halogenated alkanes) is 3. The summed E-state index contributed by atoms with van der Waals surface area (Å²) in [6.45, 7) is 14.8. The normalized spacial score (nSPS) is 17.4. The summed E-state index contributed by atoms with van der Waals surface area (Å²) < 4.78 is 18.7. The number of rotatable bonds is 19. The zero-order valence-electron chi connectivity index (χ0n) is 44.1. The number of anilines is 2. The second-order valence-electron chi connectivity index (χ2n) is 19.3. The minimum atomic E-state index is -0.990. The number of amides is 2. The Morgan fingerprint density at radius 3 is 1.76 bits per heavy atom. The number of nitrogens with zero attached hydrogens (tertiary/aromatic N) is 11.